The number of nitrogens with zero attached hydrogens (tertiary/aromatic N) is 1. The molecule has 1 aliphatic heterocycles. The van der Waals surface area contributed by atoms with Crippen molar-refractivity contribution in [1.82, 2.24) is 4.98 Å². The fourth-order valence-electron chi connectivity index (χ4n) is 2.94. The summed E-state index contributed by atoms with van der Waals surface area (Å²) in [4.78, 5) is 29.9. The summed E-state index contributed by atoms with van der Waals surface area (Å²) in [7, 11) is 0. The molecule has 0 fully saturated rings. The van der Waals surface area contributed by atoms with Gasteiger partial charge in [-0.2, -0.15) is 0 Å². The highest BCUT2D eigenvalue weighted by atomic mass is 35.5. The van der Waals surface area contributed by atoms with Crippen LogP contribution in [-0.2, 0) is 22.4 Å². The average Bonchev–Trinajstić information content (AvgIpc) is 3.08. The second-order valence-electron chi connectivity index (χ2n) is 6.18. The van der Waals surface area contributed by atoms with Gasteiger partial charge in [-0.05, 0) is 29.3 Å². The monoisotopic (exact) mass is 398 g/mol. The van der Waals surface area contributed by atoms with Crippen molar-refractivity contribution >= 4 is 39.9 Å². The second-order valence-corrected chi connectivity index (χ2v) is 7.73. The van der Waals surface area contributed by atoms with Crippen LogP contribution in [0.4, 0.5) is 5.13 Å². The number of aromatic nitrogens is 1. The fraction of sp³-hybridized carbons (Fsp3) is 0.150. The number of amides is 1. The molecule has 2 aromatic carbocycles. The molecule has 4 rings (SSSR count). The number of carbonyl (C=O) groups excluding carboxylic acids is 2. The van der Waals surface area contributed by atoms with Crippen molar-refractivity contribution in [2.24, 2.45) is 0 Å². The van der Waals surface area contributed by atoms with Crippen LogP contribution in [0.3, 0.4) is 0 Å². The van der Waals surface area contributed by atoms with Crippen LogP contribution in [0.15, 0.2) is 54.7 Å². The van der Waals surface area contributed by atoms with E-state index in [0.29, 0.717) is 21.3 Å². The minimum Gasteiger partial charge on any atom is -0.448 e. The van der Waals surface area contributed by atoms with E-state index in [1.54, 1.807) is 24.4 Å². The molecule has 3 aromatic rings. The molecule has 0 bridgehead atoms. The third-order valence-corrected chi connectivity index (χ3v) is 5.39. The van der Waals surface area contributed by atoms with Crippen molar-refractivity contribution in [3.8, 4) is 0 Å². The van der Waals surface area contributed by atoms with E-state index in [1.165, 1.54) is 16.9 Å². The first-order valence-corrected chi connectivity index (χ1v) is 9.57. The zero-order valence-corrected chi connectivity index (χ0v) is 15.7. The summed E-state index contributed by atoms with van der Waals surface area (Å²) in [5.41, 5.74) is 2.33. The zero-order chi connectivity index (χ0) is 18.8. The van der Waals surface area contributed by atoms with Crippen LogP contribution < -0.4 is 5.32 Å². The van der Waals surface area contributed by atoms with Gasteiger partial charge in [0.25, 0.3) is 5.91 Å². The quantitative estimate of drug-likeness (QED) is 0.671. The van der Waals surface area contributed by atoms with E-state index in [2.05, 4.69) is 10.3 Å². The Morgan fingerprint density at radius 2 is 2.07 bits per heavy atom. The van der Waals surface area contributed by atoms with Crippen molar-refractivity contribution in [3.63, 3.8) is 0 Å². The SMILES string of the molecule is O=C1OC(C(=O)Nc2ncc(Cc3ccccc3)s2)Cc2cc(Cl)ccc21. The molecule has 5 nitrogen and oxygen atoms in total. The van der Waals surface area contributed by atoms with Crippen molar-refractivity contribution in [2.45, 2.75) is 18.9 Å². The third-order valence-electron chi connectivity index (χ3n) is 4.24. The number of carbonyl (C=O) groups is 2. The molecule has 7 heteroatoms. The van der Waals surface area contributed by atoms with Crippen LogP contribution >= 0.6 is 22.9 Å². The Bertz CT molecular complexity index is 1000. The maximum Gasteiger partial charge on any atom is 0.339 e. The summed E-state index contributed by atoms with van der Waals surface area (Å²) in [6.07, 6.45) is 1.88. The molecule has 136 valence electrons. The van der Waals surface area contributed by atoms with Gasteiger partial charge in [0.05, 0.1) is 5.56 Å². The molecule has 27 heavy (non-hydrogen) atoms. The smallest absolute Gasteiger partial charge is 0.339 e. The number of fused-ring (bicyclic) bond motifs is 1. The Morgan fingerprint density at radius 3 is 2.89 bits per heavy atom. The lowest BCUT2D eigenvalue weighted by molar-refractivity contribution is -0.125. The van der Waals surface area contributed by atoms with E-state index in [4.69, 9.17) is 16.3 Å². The van der Waals surface area contributed by atoms with Gasteiger partial charge in [0.2, 0.25) is 0 Å². The summed E-state index contributed by atoms with van der Waals surface area (Å²) in [5.74, 6) is -0.911. The second kappa shape index (κ2) is 7.50. The first-order chi connectivity index (χ1) is 13.1. The number of hydrogen-bond donors (Lipinski definition) is 1. The Hall–Kier alpha value is -2.70. The summed E-state index contributed by atoms with van der Waals surface area (Å²) in [6.45, 7) is 0. The predicted octanol–water partition coefficient (Wildman–Crippen LogP) is 4.11. The molecule has 1 aromatic heterocycles. The zero-order valence-electron chi connectivity index (χ0n) is 14.1. The van der Waals surface area contributed by atoms with Gasteiger partial charge in [-0.1, -0.05) is 41.9 Å². The molecular weight excluding hydrogens is 384 g/mol. The van der Waals surface area contributed by atoms with E-state index < -0.39 is 18.0 Å². The summed E-state index contributed by atoms with van der Waals surface area (Å²) in [5, 5.41) is 3.75. The maximum absolute atomic E-state index is 12.5. The lowest BCUT2D eigenvalue weighted by Crippen LogP contribution is -2.37. The van der Waals surface area contributed by atoms with Gasteiger partial charge in [0.1, 0.15) is 0 Å². The highest BCUT2D eigenvalue weighted by Crippen LogP contribution is 2.26. The molecule has 0 spiro atoms. The van der Waals surface area contributed by atoms with Crippen molar-refractivity contribution < 1.29 is 14.3 Å². The number of halogens is 1. The van der Waals surface area contributed by atoms with Crippen LogP contribution in [0, 0.1) is 0 Å². The van der Waals surface area contributed by atoms with E-state index >= 15 is 0 Å². The summed E-state index contributed by atoms with van der Waals surface area (Å²) in [6, 6.07) is 15.0. The number of rotatable bonds is 4. The van der Waals surface area contributed by atoms with Gasteiger partial charge >= 0.3 is 5.97 Å². The Labute approximate surface area is 165 Å². The van der Waals surface area contributed by atoms with Gasteiger partial charge < -0.3 is 4.74 Å². The fourth-order valence-corrected chi connectivity index (χ4v) is 3.98. The highest BCUT2D eigenvalue weighted by molar-refractivity contribution is 7.15. The van der Waals surface area contributed by atoms with Gasteiger partial charge in [0, 0.05) is 28.9 Å². The minimum absolute atomic E-state index is 0.287. The topological polar surface area (TPSA) is 68.3 Å². The molecule has 2 heterocycles. The average molecular weight is 399 g/mol. The minimum atomic E-state index is -0.898. The summed E-state index contributed by atoms with van der Waals surface area (Å²) >= 11 is 7.39. The van der Waals surface area contributed by atoms with E-state index in [1.807, 2.05) is 30.3 Å². The van der Waals surface area contributed by atoms with Gasteiger partial charge in [-0.15, -0.1) is 11.3 Å². The molecular formula is C20H15ClN2O3S. The Kier molecular flexibility index (Phi) is 4.92. The van der Waals surface area contributed by atoms with Crippen LogP contribution in [0.1, 0.15) is 26.4 Å². The lowest BCUT2D eigenvalue weighted by Gasteiger charge is -2.23. The Balaban J connectivity index is 1.43. The molecule has 1 N–H and O–H groups in total. The summed E-state index contributed by atoms with van der Waals surface area (Å²) < 4.78 is 5.27. The lowest BCUT2D eigenvalue weighted by atomic mass is 9.98. The number of esters is 1. The number of hydrogen-bond acceptors (Lipinski definition) is 5. The standard InChI is InChI=1S/C20H15ClN2O3S/c21-14-6-7-16-13(9-14)10-17(26-19(16)25)18(24)23-20-22-11-15(27-20)8-12-4-2-1-3-5-12/h1-7,9,11,17H,8,10H2,(H,22,23,24). The number of cyclic esters (lactones) is 1. The first kappa shape index (κ1) is 17.7. The van der Waals surface area contributed by atoms with Crippen LogP contribution in [0.2, 0.25) is 5.02 Å². The van der Waals surface area contributed by atoms with Crippen molar-refractivity contribution in [2.75, 3.05) is 5.32 Å². The molecule has 0 radical (unpaired) electrons. The molecule has 1 aliphatic rings. The third kappa shape index (κ3) is 4.02. The number of ether oxygens (including phenoxy) is 1. The van der Waals surface area contributed by atoms with Crippen LogP contribution in [0.5, 0.6) is 0 Å². The van der Waals surface area contributed by atoms with Crippen molar-refractivity contribution in [3.05, 3.63) is 81.3 Å². The van der Waals surface area contributed by atoms with Crippen LogP contribution in [-0.4, -0.2) is 23.0 Å². The largest absolute Gasteiger partial charge is 0.448 e. The van der Waals surface area contributed by atoms with Gasteiger partial charge in [-0.3, -0.25) is 10.1 Å². The normalized spacial score (nSPS) is 15.7. The number of thiazole rings is 1. The van der Waals surface area contributed by atoms with Gasteiger partial charge in [-0.25, -0.2) is 9.78 Å². The molecule has 1 atom stereocenters. The number of benzene rings is 2. The van der Waals surface area contributed by atoms with Crippen molar-refractivity contribution in [1.29, 1.82) is 0 Å². The molecule has 0 aliphatic carbocycles. The first-order valence-electron chi connectivity index (χ1n) is 8.37. The molecule has 1 unspecified atom stereocenters. The Morgan fingerprint density at radius 1 is 1.26 bits per heavy atom. The highest BCUT2D eigenvalue weighted by Gasteiger charge is 2.31. The number of nitrogens with one attached hydrogen (secondary N) is 1. The van der Waals surface area contributed by atoms with E-state index in [0.717, 1.165) is 11.3 Å². The van der Waals surface area contributed by atoms with Crippen LogP contribution in [0.25, 0.3) is 0 Å². The molecule has 0 saturated carbocycles. The van der Waals surface area contributed by atoms with E-state index in [-0.39, 0.29) is 6.42 Å². The maximum atomic E-state index is 12.5. The van der Waals surface area contributed by atoms with Gasteiger partial charge in [0.15, 0.2) is 11.2 Å². The predicted molar refractivity (Wildman–Crippen MR) is 104 cm³/mol. The molecule has 0 saturated heterocycles. The molecule has 1 amide bonds. The number of anilines is 1. The van der Waals surface area contributed by atoms with E-state index in [9.17, 15) is 9.59 Å².